The average Bonchev–Trinajstić information content (AvgIpc) is 2.39. The van der Waals surface area contributed by atoms with E-state index in [1.165, 1.54) is 12.7 Å². The number of hydrogen-bond donors (Lipinski definition) is 1. The Balaban J connectivity index is 2.41. The number of hydrogen-bond acceptors (Lipinski definition) is 3. The first-order valence-corrected chi connectivity index (χ1v) is 5.66. The molecule has 0 saturated carbocycles. The van der Waals surface area contributed by atoms with Crippen LogP contribution in [0.2, 0.25) is 0 Å². The highest BCUT2D eigenvalue weighted by molar-refractivity contribution is 5.92. The Kier molecular flexibility index (Phi) is 3.33. The van der Waals surface area contributed by atoms with Gasteiger partial charge in [0.25, 0.3) is 0 Å². The summed E-state index contributed by atoms with van der Waals surface area (Å²) in [6.07, 6.45) is 0. The molecule has 3 nitrogen and oxygen atoms in total. The lowest BCUT2D eigenvalue weighted by Gasteiger charge is -2.08. The fraction of sp³-hybridized carbons (Fsp3) is 0.133. The summed E-state index contributed by atoms with van der Waals surface area (Å²) in [5.74, 6) is -0.378. The Morgan fingerprint density at radius 3 is 2.33 bits per heavy atom. The van der Waals surface area contributed by atoms with Crippen molar-refractivity contribution in [2.45, 2.75) is 6.92 Å². The molecule has 0 saturated heterocycles. The number of carbonyl (C=O) groups is 1. The molecule has 92 valence electrons. The molecule has 2 aromatic carbocycles. The van der Waals surface area contributed by atoms with E-state index >= 15 is 0 Å². The van der Waals surface area contributed by atoms with Gasteiger partial charge in [-0.05, 0) is 24.6 Å². The van der Waals surface area contributed by atoms with E-state index in [1.54, 1.807) is 12.1 Å². The number of benzene rings is 2. The number of nitrogen functional groups attached to an aromatic ring is 1. The average molecular weight is 241 g/mol. The summed E-state index contributed by atoms with van der Waals surface area (Å²) >= 11 is 0. The normalized spacial score (nSPS) is 10.1. The van der Waals surface area contributed by atoms with Crippen LogP contribution in [0.3, 0.4) is 0 Å². The highest BCUT2D eigenvalue weighted by Crippen LogP contribution is 2.27. The molecule has 0 heterocycles. The number of ether oxygens (including phenoxy) is 1. The van der Waals surface area contributed by atoms with E-state index < -0.39 is 0 Å². The quantitative estimate of drug-likeness (QED) is 0.649. The van der Waals surface area contributed by atoms with Crippen molar-refractivity contribution in [2.24, 2.45) is 0 Å². The van der Waals surface area contributed by atoms with Crippen LogP contribution >= 0.6 is 0 Å². The highest BCUT2D eigenvalue weighted by Gasteiger charge is 2.09. The van der Waals surface area contributed by atoms with Gasteiger partial charge in [-0.25, -0.2) is 4.79 Å². The zero-order valence-corrected chi connectivity index (χ0v) is 10.4. The van der Waals surface area contributed by atoms with E-state index in [9.17, 15) is 4.79 Å². The molecule has 0 amide bonds. The fourth-order valence-corrected chi connectivity index (χ4v) is 1.80. The number of methoxy groups -OCH3 is 1. The third-order valence-electron chi connectivity index (χ3n) is 2.84. The number of rotatable bonds is 2. The molecule has 0 aromatic heterocycles. The number of nitrogens with two attached hydrogens (primary N) is 1. The number of esters is 1. The maximum absolute atomic E-state index is 11.4. The van der Waals surface area contributed by atoms with Gasteiger partial charge in [-0.2, -0.15) is 0 Å². The van der Waals surface area contributed by atoms with Crippen molar-refractivity contribution in [1.29, 1.82) is 0 Å². The van der Waals surface area contributed by atoms with Gasteiger partial charge in [-0.1, -0.05) is 35.9 Å². The molecule has 18 heavy (non-hydrogen) atoms. The third kappa shape index (κ3) is 2.35. The Hall–Kier alpha value is -2.29. The van der Waals surface area contributed by atoms with Crippen LogP contribution in [0.25, 0.3) is 11.1 Å². The van der Waals surface area contributed by atoms with Crippen molar-refractivity contribution >= 4 is 11.7 Å². The van der Waals surface area contributed by atoms with Gasteiger partial charge in [-0.15, -0.1) is 0 Å². The van der Waals surface area contributed by atoms with Crippen LogP contribution in [0.15, 0.2) is 42.5 Å². The van der Waals surface area contributed by atoms with Crippen LogP contribution in [0.1, 0.15) is 15.9 Å². The molecular weight excluding hydrogens is 226 g/mol. The second-order valence-corrected chi connectivity index (χ2v) is 4.16. The molecule has 0 bridgehead atoms. The van der Waals surface area contributed by atoms with E-state index in [4.69, 9.17) is 5.73 Å². The van der Waals surface area contributed by atoms with Crippen LogP contribution in [-0.2, 0) is 4.74 Å². The molecule has 0 unspecified atom stereocenters. The summed E-state index contributed by atoms with van der Waals surface area (Å²) in [5, 5.41) is 0. The molecule has 0 aliphatic rings. The van der Waals surface area contributed by atoms with Gasteiger partial charge in [0.2, 0.25) is 0 Å². The third-order valence-corrected chi connectivity index (χ3v) is 2.84. The number of anilines is 1. The Bertz CT molecular complexity index is 574. The van der Waals surface area contributed by atoms with Crippen molar-refractivity contribution in [1.82, 2.24) is 0 Å². The van der Waals surface area contributed by atoms with Crippen molar-refractivity contribution in [3.8, 4) is 11.1 Å². The van der Waals surface area contributed by atoms with Gasteiger partial charge in [0, 0.05) is 11.3 Å². The SMILES string of the molecule is COC(=O)c1ccc(-c2ccc(C)cc2)c(N)c1. The molecule has 0 atom stereocenters. The van der Waals surface area contributed by atoms with Crippen molar-refractivity contribution in [2.75, 3.05) is 12.8 Å². The monoisotopic (exact) mass is 241 g/mol. The molecule has 0 aliphatic heterocycles. The molecule has 3 heteroatoms. The molecule has 2 aromatic rings. The predicted molar refractivity (Wildman–Crippen MR) is 72.4 cm³/mol. The first-order valence-electron chi connectivity index (χ1n) is 5.66. The minimum Gasteiger partial charge on any atom is -0.465 e. The fourth-order valence-electron chi connectivity index (χ4n) is 1.80. The predicted octanol–water partition coefficient (Wildman–Crippen LogP) is 3.03. The van der Waals surface area contributed by atoms with Crippen molar-refractivity contribution < 1.29 is 9.53 Å². The lowest BCUT2D eigenvalue weighted by atomic mass is 10.0. The smallest absolute Gasteiger partial charge is 0.337 e. The Morgan fingerprint density at radius 2 is 1.78 bits per heavy atom. The second-order valence-electron chi connectivity index (χ2n) is 4.16. The zero-order valence-electron chi connectivity index (χ0n) is 10.4. The van der Waals surface area contributed by atoms with E-state index in [-0.39, 0.29) is 5.97 Å². The second kappa shape index (κ2) is 4.92. The standard InChI is InChI=1S/C15H15NO2/c1-10-3-5-11(6-4-10)13-8-7-12(9-14(13)16)15(17)18-2/h3-9H,16H2,1-2H3. The Morgan fingerprint density at radius 1 is 1.11 bits per heavy atom. The van der Waals surface area contributed by atoms with Gasteiger partial charge in [-0.3, -0.25) is 0 Å². The largest absolute Gasteiger partial charge is 0.465 e. The minimum absolute atomic E-state index is 0.378. The summed E-state index contributed by atoms with van der Waals surface area (Å²) in [6, 6.07) is 13.3. The van der Waals surface area contributed by atoms with Crippen LogP contribution in [0, 0.1) is 6.92 Å². The first-order chi connectivity index (χ1) is 8.61. The molecular formula is C15H15NO2. The van der Waals surface area contributed by atoms with E-state index in [2.05, 4.69) is 4.74 Å². The van der Waals surface area contributed by atoms with Crippen molar-refractivity contribution in [3.63, 3.8) is 0 Å². The summed E-state index contributed by atoms with van der Waals surface area (Å²) in [6.45, 7) is 2.04. The minimum atomic E-state index is -0.378. The van der Waals surface area contributed by atoms with E-state index in [1.807, 2.05) is 37.3 Å². The molecule has 0 aliphatic carbocycles. The maximum Gasteiger partial charge on any atom is 0.337 e. The van der Waals surface area contributed by atoms with Gasteiger partial charge in [0.15, 0.2) is 0 Å². The van der Waals surface area contributed by atoms with Gasteiger partial charge < -0.3 is 10.5 Å². The molecule has 2 N–H and O–H groups in total. The van der Waals surface area contributed by atoms with Crippen LogP contribution < -0.4 is 5.73 Å². The summed E-state index contributed by atoms with van der Waals surface area (Å²) in [7, 11) is 1.35. The van der Waals surface area contributed by atoms with Gasteiger partial charge >= 0.3 is 5.97 Å². The molecule has 0 radical (unpaired) electrons. The van der Waals surface area contributed by atoms with E-state index in [0.717, 1.165) is 11.1 Å². The molecule has 0 fully saturated rings. The number of aryl methyl sites for hydroxylation is 1. The lowest BCUT2D eigenvalue weighted by Crippen LogP contribution is -2.02. The molecule has 2 rings (SSSR count). The van der Waals surface area contributed by atoms with E-state index in [0.29, 0.717) is 11.3 Å². The zero-order chi connectivity index (χ0) is 13.1. The number of carbonyl (C=O) groups excluding carboxylic acids is 1. The van der Waals surface area contributed by atoms with Gasteiger partial charge in [0.1, 0.15) is 0 Å². The van der Waals surface area contributed by atoms with Crippen molar-refractivity contribution in [3.05, 3.63) is 53.6 Å². The highest BCUT2D eigenvalue weighted by atomic mass is 16.5. The lowest BCUT2D eigenvalue weighted by molar-refractivity contribution is 0.0601. The van der Waals surface area contributed by atoms with Crippen LogP contribution in [0.4, 0.5) is 5.69 Å². The van der Waals surface area contributed by atoms with Gasteiger partial charge in [0.05, 0.1) is 12.7 Å². The first kappa shape index (κ1) is 12.2. The molecule has 0 spiro atoms. The summed E-state index contributed by atoms with van der Waals surface area (Å²) in [5.41, 5.74) is 10.2. The summed E-state index contributed by atoms with van der Waals surface area (Å²) < 4.78 is 4.66. The maximum atomic E-state index is 11.4. The van der Waals surface area contributed by atoms with Crippen LogP contribution in [0.5, 0.6) is 0 Å². The van der Waals surface area contributed by atoms with Crippen LogP contribution in [-0.4, -0.2) is 13.1 Å². The Labute approximate surface area is 106 Å². The summed E-state index contributed by atoms with van der Waals surface area (Å²) in [4.78, 5) is 11.4. The topological polar surface area (TPSA) is 52.3 Å².